The van der Waals surface area contributed by atoms with Crippen LogP contribution in [0.2, 0.25) is 0 Å². The molecule has 0 unspecified atom stereocenters. The number of allylic oxidation sites excluding steroid dienone is 3. The number of hydrogen-bond acceptors (Lipinski definition) is 0. The molecule has 0 radical (unpaired) electrons. The third-order valence-electron chi connectivity index (χ3n) is 3.83. The summed E-state index contributed by atoms with van der Waals surface area (Å²) in [5, 5.41) is 0. The molecule has 0 aromatic heterocycles. The van der Waals surface area contributed by atoms with Crippen molar-refractivity contribution in [2.24, 2.45) is 0 Å². The molecule has 0 bridgehead atoms. The Kier molecular flexibility index (Phi) is 1.41. The maximum atomic E-state index is 3.32. The summed E-state index contributed by atoms with van der Waals surface area (Å²) < 4.78 is 0. The van der Waals surface area contributed by atoms with Crippen molar-refractivity contribution >= 4 is 17.2 Å². The van der Waals surface area contributed by atoms with Gasteiger partial charge >= 0.3 is 0 Å². The van der Waals surface area contributed by atoms with Crippen LogP contribution in [0.25, 0.3) is 17.2 Å². The smallest absolute Gasteiger partial charge is 0.0368 e. The van der Waals surface area contributed by atoms with E-state index in [0.29, 0.717) is 0 Å². The first-order valence-corrected chi connectivity index (χ1v) is 5.94. The van der Waals surface area contributed by atoms with E-state index in [4.69, 9.17) is 0 Å². The molecule has 0 atom stereocenters. The van der Waals surface area contributed by atoms with Gasteiger partial charge in [0.25, 0.3) is 0 Å². The SMILES string of the molecule is Cc1cc2c3c(c1)C1=C(CCC1)C3=C=C=C2. The molecular weight excluding hydrogens is 192 g/mol. The average Bonchev–Trinajstić information content (AvgIpc) is 2.83. The monoisotopic (exact) mass is 204 g/mol. The molecule has 3 aliphatic carbocycles. The normalized spacial score (nSPS) is 18.9. The van der Waals surface area contributed by atoms with Crippen molar-refractivity contribution in [3.05, 3.63) is 51.4 Å². The highest BCUT2D eigenvalue weighted by atomic mass is 14.3. The molecule has 1 aromatic carbocycles. The predicted octanol–water partition coefficient (Wildman–Crippen LogP) is 4.11. The lowest BCUT2D eigenvalue weighted by Gasteiger charge is -2.11. The minimum absolute atomic E-state index is 1.23. The van der Waals surface area contributed by atoms with Gasteiger partial charge < -0.3 is 0 Å². The summed E-state index contributed by atoms with van der Waals surface area (Å²) >= 11 is 0. The zero-order valence-electron chi connectivity index (χ0n) is 9.35. The van der Waals surface area contributed by atoms with E-state index < -0.39 is 0 Å². The topological polar surface area (TPSA) is 0 Å². The summed E-state index contributed by atoms with van der Waals surface area (Å²) in [5.74, 6) is 0. The molecule has 0 amide bonds. The van der Waals surface area contributed by atoms with Crippen LogP contribution in [0.15, 0.2) is 29.2 Å². The van der Waals surface area contributed by atoms with Crippen LogP contribution in [-0.4, -0.2) is 0 Å². The third kappa shape index (κ3) is 0.870. The van der Waals surface area contributed by atoms with Crippen LogP contribution in [0.1, 0.15) is 41.5 Å². The van der Waals surface area contributed by atoms with Crippen LogP contribution in [0.4, 0.5) is 0 Å². The molecule has 0 fully saturated rings. The Hall–Kier alpha value is -1.74. The second-order valence-corrected chi connectivity index (χ2v) is 4.88. The van der Waals surface area contributed by atoms with Gasteiger partial charge in [-0.2, -0.15) is 0 Å². The number of hydrogen-bond donors (Lipinski definition) is 0. The van der Waals surface area contributed by atoms with Crippen molar-refractivity contribution in [2.75, 3.05) is 0 Å². The van der Waals surface area contributed by atoms with E-state index in [1.54, 1.807) is 11.1 Å². The van der Waals surface area contributed by atoms with Crippen molar-refractivity contribution in [1.29, 1.82) is 0 Å². The van der Waals surface area contributed by atoms with Gasteiger partial charge in [0.15, 0.2) is 0 Å². The fraction of sp³-hybridized carbons (Fsp3) is 0.250. The van der Waals surface area contributed by atoms with E-state index in [-0.39, 0.29) is 0 Å². The molecule has 0 nitrogen and oxygen atoms in total. The van der Waals surface area contributed by atoms with E-state index in [2.05, 4.69) is 36.6 Å². The second kappa shape index (κ2) is 2.68. The standard InChI is InChI=1S/C16H12/c1-10-8-11-4-2-7-14-12-5-3-6-13(12)15(9-10)16(11)14/h4,8-9H,3,5-6H2,1H3. The number of benzene rings is 1. The van der Waals surface area contributed by atoms with Crippen LogP contribution in [0.5, 0.6) is 0 Å². The molecule has 1 aromatic rings. The zero-order valence-corrected chi connectivity index (χ0v) is 9.35. The molecular formula is C16H12. The lowest BCUT2D eigenvalue weighted by molar-refractivity contribution is 0.919. The van der Waals surface area contributed by atoms with Gasteiger partial charge in [0, 0.05) is 11.1 Å². The van der Waals surface area contributed by atoms with E-state index >= 15 is 0 Å². The largest absolute Gasteiger partial charge is 0.0689 e. The molecule has 0 heterocycles. The van der Waals surface area contributed by atoms with Crippen molar-refractivity contribution in [3.63, 3.8) is 0 Å². The second-order valence-electron chi connectivity index (χ2n) is 4.88. The molecule has 0 heteroatoms. The Morgan fingerprint density at radius 1 is 1.12 bits per heavy atom. The highest BCUT2D eigenvalue weighted by molar-refractivity contribution is 6.04. The Labute approximate surface area is 95.3 Å². The van der Waals surface area contributed by atoms with Gasteiger partial charge in [-0.05, 0) is 60.1 Å². The van der Waals surface area contributed by atoms with E-state index in [1.807, 2.05) is 0 Å². The Morgan fingerprint density at radius 2 is 2.00 bits per heavy atom. The first-order valence-electron chi connectivity index (χ1n) is 5.94. The molecule has 0 spiro atoms. The Bertz CT molecular complexity index is 656. The maximum absolute atomic E-state index is 3.32. The summed E-state index contributed by atoms with van der Waals surface area (Å²) in [7, 11) is 0. The van der Waals surface area contributed by atoms with Crippen LogP contribution in [0.3, 0.4) is 0 Å². The van der Waals surface area contributed by atoms with Crippen LogP contribution in [0, 0.1) is 6.92 Å². The molecule has 3 aliphatic rings. The van der Waals surface area contributed by atoms with Crippen molar-refractivity contribution in [3.8, 4) is 0 Å². The number of fused-ring (bicyclic) bond motifs is 2. The maximum Gasteiger partial charge on any atom is 0.0368 e. The van der Waals surface area contributed by atoms with E-state index in [9.17, 15) is 0 Å². The van der Waals surface area contributed by atoms with Crippen LogP contribution >= 0.6 is 0 Å². The predicted molar refractivity (Wildman–Crippen MR) is 66.8 cm³/mol. The van der Waals surface area contributed by atoms with Gasteiger partial charge in [-0.15, -0.1) is 0 Å². The van der Waals surface area contributed by atoms with Crippen LogP contribution < -0.4 is 0 Å². The third-order valence-corrected chi connectivity index (χ3v) is 3.83. The summed E-state index contributed by atoms with van der Waals surface area (Å²) in [4.78, 5) is 0. The molecule has 0 saturated heterocycles. The van der Waals surface area contributed by atoms with E-state index in [1.165, 1.54) is 47.1 Å². The van der Waals surface area contributed by atoms with Gasteiger partial charge in [-0.25, -0.2) is 0 Å². The van der Waals surface area contributed by atoms with Gasteiger partial charge in [0.2, 0.25) is 0 Å². The van der Waals surface area contributed by atoms with Gasteiger partial charge in [-0.1, -0.05) is 23.6 Å². The minimum atomic E-state index is 1.23. The van der Waals surface area contributed by atoms with Crippen LogP contribution in [-0.2, 0) is 0 Å². The minimum Gasteiger partial charge on any atom is -0.0689 e. The van der Waals surface area contributed by atoms with Gasteiger partial charge in [0.1, 0.15) is 0 Å². The Balaban J connectivity index is 2.18. The Morgan fingerprint density at radius 3 is 2.94 bits per heavy atom. The first kappa shape index (κ1) is 8.42. The fourth-order valence-electron chi connectivity index (χ4n) is 3.24. The van der Waals surface area contributed by atoms with Gasteiger partial charge in [0.05, 0.1) is 0 Å². The number of aryl methyl sites for hydroxylation is 1. The zero-order chi connectivity index (χ0) is 10.7. The average molecular weight is 204 g/mol. The summed E-state index contributed by atoms with van der Waals surface area (Å²) in [6, 6.07) is 4.60. The lowest BCUT2D eigenvalue weighted by Crippen LogP contribution is -1.93. The molecule has 0 N–H and O–H groups in total. The van der Waals surface area contributed by atoms with E-state index in [0.717, 1.165) is 0 Å². The highest BCUT2D eigenvalue weighted by Crippen LogP contribution is 2.51. The summed E-state index contributed by atoms with van der Waals surface area (Å²) in [6.45, 7) is 2.18. The van der Waals surface area contributed by atoms with Crippen molar-refractivity contribution in [2.45, 2.75) is 26.2 Å². The first-order chi connectivity index (χ1) is 7.84. The van der Waals surface area contributed by atoms with Gasteiger partial charge in [-0.3, -0.25) is 0 Å². The highest BCUT2D eigenvalue weighted by Gasteiger charge is 2.31. The number of rotatable bonds is 0. The summed E-state index contributed by atoms with van der Waals surface area (Å²) in [6.07, 6.45) is 5.85. The van der Waals surface area contributed by atoms with Crippen molar-refractivity contribution < 1.29 is 0 Å². The lowest BCUT2D eigenvalue weighted by atomic mass is 9.91. The molecule has 76 valence electrons. The molecule has 16 heavy (non-hydrogen) atoms. The molecule has 0 saturated carbocycles. The molecule has 4 rings (SSSR count). The summed E-state index contributed by atoms with van der Waals surface area (Å²) in [5.41, 5.74) is 16.5. The van der Waals surface area contributed by atoms with Crippen molar-refractivity contribution in [1.82, 2.24) is 0 Å². The molecule has 0 aliphatic heterocycles. The fourth-order valence-corrected chi connectivity index (χ4v) is 3.24. The quantitative estimate of drug-likeness (QED) is 0.558.